The Balaban J connectivity index is 1.53. The molecular weight excluding hydrogens is 452 g/mol. The summed E-state index contributed by atoms with van der Waals surface area (Å²) in [5.74, 6) is 0. The van der Waals surface area contributed by atoms with Crippen LogP contribution in [0, 0.1) is 0 Å². The lowest BCUT2D eigenvalue weighted by atomic mass is 9.71. The van der Waals surface area contributed by atoms with Crippen molar-refractivity contribution in [2.75, 3.05) is 4.90 Å². The number of para-hydroxylation sites is 2. The second-order valence-corrected chi connectivity index (χ2v) is 10.5. The molecule has 1 aliphatic heterocycles. The van der Waals surface area contributed by atoms with E-state index in [1.165, 1.54) is 28.2 Å². The number of allylic oxidation sites excluding steroid dienone is 4. The molecule has 0 spiro atoms. The highest BCUT2D eigenvalue weighted by Crippen LogP contribution is 2.51. The molecule has 0 fully saturated rings. The highest BCUT2D eigenvalue weighted by atomic mass is 16.1. The van der Waals surface area contributed by atoms with Gasteiger partial charge < -0.3 is 4.90 Å². The number of hydrogen-bond acceptors (Lipinski definition) is 2. The molecule has 7 rings (SSSR count). The molecule has 1 aliphatic carbocycles. The molecule has 3 heteroatoms. The van der Waals surface area contributed by atoms with E-state index >= 15 is 0 Å². The van der Waals surface area contributed by atoms with Gasteiger partial charge >= 0.3 is 0 Å². The minimum Gasteiger partial charge on any atom is -0.314 e. The summed E-state index contributed by atoms with van der Waals surface area (Å²) in [7, 11) is 0. The molecule has 4 aromatic carbocycles. The highest BCUT2D eigenvalue weighted by Gasteiger charge is 2.38. The molecule has 37 heavy (non-hydrogen) atoms. The van der Waals surface area contributed by atoms with Crippen LogP contribution >= 0.6 is 0 Å². The van der Waals surface area contributed by atoms with Gasteiger partial charge in [-0.2, -0.15) is 0 Å². The maximum absolute atomic E-state index is 13.9. The minimum absolute atomic E-state index is 0.0141. The van der Waals surface area contributed by atoms with Crippen molar-refractivity contribution in [2.45, 2.75) is 32.1 Å². The van der Waals surface area contributed by atoms with E-state index in [0.717, 1.165) is 40.2 Å². The van der Waals surface area contributed by atoms with Crippen LogP contribution in [0.5, 0.6) is 0 Å². The van der Waals surface area contributed by atoms with E-state index in [1.807, 2.05) is 41.0 Å². The molecule has 0 saturated heterocycles. The predicted octanol–water partition coefficient (Wildman–Crippen LogP) is 8.18. The molecular formula is C34H28N2O. The summed E-state index contributed by atoms with van der Waals surface area (Å²) in [5.41, 5.74) is 7.95. The van der Waals surface area contributed by atoms with E-state index in [4.69, 9.17) is 0 Å². The lowest BCUT2D eigenvalue weighted by Crippen LogP contribution is -2.35. The van der Waals surface area contributed by atoms with Crippen molar-refractivity contribution in [3.8, 4) is 5.69 Å². The number of pyridine rings is 1. The van der Waals surface area contributed by atoms with Gasteiger partial charge in [-0.1, -0.05) is 80.6 Å². The Hall–Kier alpha value is -4.37. The number of nitrogens with zero attached hydrogens (tertiary/aromatic N) is 2. The first-order valence-electron chi connectivity index (χ1n) is 13.0. The number of aromatic nitrogens is 1. The van der Waals surface area contributed by atoms with E-state index in [2.05, 4.69) is 91.6 Å². The Labute approximate surface area is 216 Å². The minimum atomic E-state index is -0.195. The van der Waals surface area contributed by atoms with Gasteiger partial charge in [-0.05, 0) is 71.8 Å². The first-order chi connectivity index (χ1) is 18.1. The fourth-order valence-electron chi connectivity index (χ4n) is 6.26. The Morgan fingerprint density at radius 1 is 0.730 bits per heavy atom. The van der Waals surface area contributed by atoms with Gasteiger partial charge in [0.15, 0.2) is 0 Å². The van der Waals surface area contributed by atoms with Crippen molar-refractivity contribution in [2.24, 2.45) is 0 Å². The van der Waals surface area contributed by atoms with Crippen LogP contribution in [-0.2, 0) is 5.41 Å². The molecule has 0 N–H and O–H groups in total. The third kappa shape index (κ3) is 3.17. The molecule has 0 amide bonds. The number of fused-ring (bicyclic) bond motifs is 4. The zero-order chi connectivity index (χ0) is 25.1. The van der Waals surface area contributed by atoms with E-state index < -0.39 is 0 Å². The van der Waals surface area contributed by atoms with Gasteiger partial charge in [0.25, 0.3) is 5.56 Å². The molecule has 1 aromatic heterocycles. The molecule has 5 aromatic rings. The third-order valence-corrected chi connectivity index (χ3v) is 8.05. The quantitative estimate of drug-likeness (QED) is 0.238. The van der Waals surface area contributed by atoms with Crippen LogP contribution in [0.25, 0.3) is 27.4 Å². The van der Waals surface area contributed by atoms with Crippen LogP contribution in [0.4, 0.5) is 11.4 Å². The second kappa shape index (κ2) is 8.07. The van der Waals surface area contributed by atoms with Crippen molar-refractivity contribution in [3.05, 3.63) is 136 Å². The summed E-state index contributed by atoms with van der Waals surface area (Å²) in [6.45, 7) is 4.62. The van der Waals surface area contributed by atoms with Gasteiger partial charge in [0.1, 0.15) is 0 Å². The molecule has 0 radical (unpaired) electrons. The van der Waals surface area contributed by atoms with Crippen LogP contribution in [0.1, 0.15) is 32.3 Å². The molecule has 3 nitrogen and oxygen atoms in total. The summed E-state index contributed by atoms with van der Waals surface area (Å²) < 4.78 is 1.89. The third-order valence-electron chi connectivity index (χ3n) is 8.05. The Morgan fingerprint density at radius 3 is 2.24 bits per heavy atom. The molecule has 180 valence electrons. The van der Waals surface area contributed by atoms with Crippen molar-refractivity contribution >= 4 is 33.1 Å². The van der Waals surface area contributed by atoms with E-state index in [-0.39, 0.29) is 11.0 Å². The SMILES string of the molecule is CC1(C)C2=C(CCC=C2)N(c2ccccc2)c2ccc(-n3c(=O)c4ccccc4c4ccccc43)cc21. The Morgan fingerprint density at radius 2 is 1.43 bits per heavy atom. The Bertz CT molecular complexity index is 1820. The fourth-order valence-corrected chi connectivity index (χ4v) is 6.26. The van der Waals surface area contributed by atoms with Crippen LogP contribution in [0.2, 0.25) is 0 Å². The average molecular weight is 481 g/mol. The van der Waals surface area contributed by atoms with Crippen LogP contribution in [-0.4, -0.2) is 4.57 Å². The lowest BCUT2D eigenvalue weighted by Gasteiger charge is -2.44. The molecule has 0 atom stereocenters. The smallest absolute Gasteiger partial charge is 0.263 e. The monoisotopic (exact) mass is 480 g/mol. The normalized spacial score (nSPS) is 16.2. The highest BCUT2D eigenvalue weighted by molar-refractivity contribution is 6.06. The molecule has 0 unspecified atom stereocenters. The molecule has 0 saturated carbocycles. The van der Waals surface area contributed by atoms with Crippen LogP contribution in [0.3, 0.4) is 0 Å². The summed E-state index contributed by atoms with van der Waals surface area (Å²) in [5, 5.41) is 2.82. The molecule has 2 aliphatic rings. The summed E-state index contributed by atoms with van der Waals surface area (Å²) >= 11 is 0. The van der Waals surface area contributed by atoms with Gasteiger partial charge in [-0.3, -0.25) is 9.36 Å². The van der Waals surface area contributed by atoms with Gasteiger partial charge in [-0.15, -0.1) is 0 Å². The van der Waals surface area contributed by atoms with Crippen molar-refractivity contribution in [1.29, 1.82) is 0 Å². The largest absolute Gasteiger partial charge is 0.314 e. The number of anilines is 2. The molecule has 2 heterocycles. The fraction of sp³-hybridized carbons (Fsp3) is 0.147. The summed E-state index contributed by atoms with van der Waals surface area (Å²) in [6, 6.07) is 33.3. The number of hydrogen-bond donors (Lipinski definition) is 0. The van der Waals surface area contributed by atoms with Gasteiger partial charge in [0, 0.05) is 33.3 Å². The van der Waals surface area contributed by atoms with E-state index in [1.54, 1.807) is 0 Å². The standard InChI is InChI=1S/C34H28N2O/c1-34(2)28-17-9-11-19-31(28)35(23-12-4-3-5-13-23)32-21-20-24(22-29(32)34)36-30-18-10-8-15-26(30)25-14-6-7-16-27(25)33(36)37/h3-10,12-18,20-22H,11,19H2,1-2H3. The lowest BCUT2D eigenvalue weighted by molar-refractivity contribution is 0.603. The topological polar surface area (TPSA) is 25.2 Å². The van der Waals surface area contributed by atoms with Crippen molar-refractivity contribution in [1.82, 2.24) is 4.57 Å². The van der Waals surface area contributed by atoms with E-state index in [9.17, 15) is 4.79 Å². The van der Waals surface area contributed by atoms with E-state index in [0.29, 0.717) is 0 Å². The predicted molar refractivity (Wildman–Crippen MR) is 154 cm³/mol. The maximum Gasteiger partial charge on any atom is 0.263 e. The number of rotatable bonds is 2. The average Bonchev–Trinajstić information content (AvgIpc) is 2.94. The molecule has 0 bridgehead atoms. The Kier molecular flexibility index (Phi) is 4.77. The van der Waals surface area contributed by atoms with Crippen molar-refractivity contribution in [3.63, 3.8) is 0 Å². The van der Waals surface area contributed by atoms with Crippen LogP contribution in [0.15, 0.2) is 125 Å². The second-order valence-electron chi connectivity index (χ2n) is 10.5. The van der Waals surface area contributed by atoms with Crippen molar-refractivity contribution < 1.29 is 0 Å². The van der Waals surface area contributed by atoms with Gasteiger partial charge in [-0.25, -0.2) is 0 Å². The van der Waals surface area contributed by atoms with Gasteiger partial charge in [0.2, 0.25) is 0 Å². The maximum atomic E-state index is 13.9. The first-order valence-corrected chi connectivity index (χ1v) is 13.0. The van der Waals surface area contributed by atoms with Gasteiger partial charge in [0.05, 0.1) is 11.2 Å². The zero-order valence-corrected chi connectivity index (χ0v) is 21.1. The summed E-state index contributed by atoms with van der Waals surface area (Å²) in [6.07, 6.45) is 6.66. The summed E-state index contributed by atoms with van der Waals surface area (Å²) in [4.78, 5) is 16.3. The zero-order valence-electron chi connectivity index (χ0n) is 21.1. The first kappa shape index (κ1) is 21.9. The number of benzene rings is 4. The van der Waals surface area contributed by atoms with Crippen LogP contribution < -0.4 is 10.5 Å².